The van der Waals surface area contributed by atoms with Gasteiger partial charge in [-0.05, 0) is 36.8 Å². The molecular weight excluding hydrogens is 428 g/mol. The van der Waals surface area contributed by atoms with Crippen LogP contribution in [0.15, 0.2) is 60.9 Å². The molecule has 1 N–H and O–H groups in total. The number of halogens is 3. The van der Waals surface area contributed by atoms with E-state index >= 15 is 0 Å². The first-order valence-electron chi connectivity index (χ1n) is 9.00. The van der Waals surface area contributed by atoms with Crippen molar-refractivity contribution >= 4 is 34.9 Å². The Bertz CT molecular complexity index is 1230. The molecule has 2 heterocycles. The van der Waals surface area contributed by atoms with Gasteiger partial charge in [0.2, 0.25) is 0 Å². The number of rotatable bonds is 5. The Hall–Kier alpha value is -3.16. The maximum Gasteiger partial charge on any atom is 0.260 e. The van der Waals surface area contributed by atoms with Crippen LogP contribution in [-0.4, -0.2) is 25.5 Å². The summed E-state index contributed by atoms with van der Waals surface area (Å²) in [6, 6.07) is 13.1. The third kappa shape index (κ3) is 3.94. The van der Waals surface area contributed by atoms with E-state index in [4.69, 9.17) is 23.2 Å². The molecular formula is C21H16Cl2FN5O. The van der Waals surface area contributed by atoms with Crippen molar-refractivity contribution in [2.75, 3.05) is 5.32 Å². The maximum absolute atomic E-state index is 14.1. The van der Waals surface area contributed by atoms with Crippen LogP contribution in [0, 0.1) is 12.7 Å². The number of aromatic nitrogens is 4. The van der Waals surface area contributed by atoms with Crippen molar-refractivity contribution in [2.45, 2.75) is 13.5 Å². The number of benzene rings is 2. The van der Waals surface area contributed by atoms with Crippen molar-refractivity contribution < 1.29 is 9.18 Å². The van der Waals surface area contributed by atoms with Crippen LogP contribution in [0.5, 0.6) is 0 Å². The number of carbonyl (C=O) groups excluding carboxylic acids is 1. The second-order valence-corrected chi connectivity index (χ2v) is 7.41. The van der Waals surface area contributed by atoms with Crippen LogP contribution >= 0.6 is 23.2 Å². The third-order valence-electron chi connectivity index (χ3n) is 4.63. The predicted molar refractivity (Wildman–Crippen MR) is 114 cm³/mol. The molecule has 4 aromatic rings. The molecule has 2 aromatic heterocycles. The van der Waals surface area contributed by atoms with E-state index in [-0.39, 0.29) is 11.6 Å². The number of hydrogen-bond acceptors (Lipinski definition) is 3. The maximum atomic E-state index is 14.1. The normalized spacial score (nSPS) is 10.9. The van der Waals surface area contributed by atoms with Gasteiger partial charge in [0.1, 0.15) is 17.3 Å². The lowest BCUT2D eigenvalue weighted by Crippen LogP contribution is -2.17. The van der Waals surface area contributed by atoms with E-state index in [1.165, 1.54) is 16.9 Å². The van der Waals surface area contributed by atoms with E-state index in [0.29, 0.717) is 33.7 Å². The average Bonchev–Trinajstić information content (AvgIpc) is 3.31. The van der Waals surface area contributed by atoms with Crippen molar-refractivity contribution in [3.8, 4) is 5.69 Å². The van der Waals surface area contributed by atoms with Gasteiger partial charge in [-0.25, -0.2) is 13.8 Å². The molecule has 152 valence electrons. The molecule has 0 aliphatic rings. The Kier molecular flexibility index (Phi) is 5.57. The molecule has 6 nitrogen and oxygen atoms in total. The minimum Gasteiger partial charge on any atom is -0.307 e. The summed E-state index contributed by atoms with van der Waals surface area (Å²) in [7, 11) is 0. The molecule has 4 rings (SSSR count). The van der Waals surface area contributed by atoms with Crippen molar-refractivity contribution in [2.24, 2.45) is 0 Å². The van der Waals surface area contributed by atoms with Crippen LogP contribution in [-0.2, 0) is 6.54 Å². The smallest absolute Gasteiger partial charge is 0.260 e. The van der Waals surface area contributed by atoms with Gasteiger partial charge in [-0.3, -0.25) is 4.79 Å². The van der Waals surface area contributed by atoms with Crippen LogP contribution in [0.25, 0.3) is 5.69 Å². The van der Waals surface area contributed by atoms with Gasteiger partial charge in [-0.15, -0.1) is 0 Å². The fourth-order valence-electron chi connectivity index (χ4n) is 3.06. The number of nitrogens with one attached hydrogen (secondary N) is 1. The first-order chi connectivity index (χ1) is 14.4. The highest BCUT2D eigenvalue weighted by molar-refractivity contribution is 6.35. The fraction of sp³-hybridized carbons (Fsp3) is 0.0952. The first kappa shape index (κ1) is 20.1. The van der Waals surface area contributed by atoms with Crippen molar-refractivity contribution in [1.82, 2.24) is 19.6 Å². The van der Waals surface area contributed by atoms with E-state index in [2.05, 4.69) is 15.5 Å². The molecule has 1 amide bonds. The summed E-state index contributed by atoms with van der Waals surface area (Å²) in [5.74, 6) is -0.309. The zero-order valence-corrected chi connectivity index (χ0v) is 17.3. The van der Waals surface area contributed by atoms with Gasteiger partial charge in [0.15, 0.2) is 0 Å². The minimum atomic E-state index is -0.423. The summed E-state index contributed by atoms with van der Waals surface area (Å²) in [6.45, 7) is 2.06. The summed E-state index contributed by atoms with van der Waals surface area (Å²) >= 11 is 12.2. The topological polar surface area (TPSA) is 64.7 Å². The van der Waals surface area contributed by atoms with Crippen LogP contribution in [0.2, 0.25) is 10.0 Å². The number of amides is 1. The van der Waals surface area contributed by atoms with Crippen molar-refractivity contribution in [3.63, 3.8) is 0 Å². The molecule has 2 aromatic carbocycles. The molecule has 9 heteroatoms. The number of para-hydroxylation sites is 1. The number of anilines is 1. The highest BCUT2D eigenvalue weighted by Crippen LogP contribution is 2.23. The van der Waals surface area contributed by atoms with E-state index in [1.807, 2.05) is 0 Å². The molecule has 0 radical (unpaired) electrons. The number of nitrogens with zero attached hydrogens (tertiary/aromatic N) is 4. The van der Waals surface area contributed by atoms with E-state index in [9.17, 15) is 9.18 Å². The Balaban J connectivity index is 1.56. The highest BCUT2D eigenvalue weighted by Gasteiger charge is 2.18. The molecule has 0 saturated heterocycles. The zero-order valence-electron chi connectivity index (χ0n) is 15.8. The van der Waals surface area contributed by atoms with Crippen LogP contribution < -0.4 is 5.32 Å². The minimum absolute atomic E-state index is 0.275. The lowest BCUT2D eigenvalue weighted by molar-refractivity contribution is 0.102. The molecule has 0 aliphatic carbocycles. The third-order valence-corrected chi connectivity index (χ3v) is 5.22. The van der Waals surface area contributed by atoms with E-state index < -0.39 is 5.82 Å². The first-order valence-corrected chi connectivity index (χ1v) is 9.76. The Morgan fingerprint density at radius 1 is 1.13 bits per heavy atom. The van der Waals surface area contributed by atoms with Crippen LogP contribution in [0.4, 0.5) is 10.2 Å². The summed E-state index contributed by atoms with van der Waals surface area (Å²) in [5, 5.41) is 12.3. The van der Waals surface area contributed by atoms with Gasteiger partial charge in [-0.1, -0.05) is 41.4 Å². The highest BCUT2D eigenvalue weighted by atomic mass is 35.5. The standard InChI is InChI=1S/C21H16Cl2FN5O/c1-13-16(11-26-29(13)19-5-3-2-4-18(19)24)21(30)27-20-8-9-25-28(20)12-14-6-7-15(22)10-17(14)23/h2-11H,12H2,1H3,(H,27,30). The number of carbonyl (C=O) groups is 1. The van der Waals surface area contributed by atoms with E-state index in [1.54, 1.807) is 60.3 Å². The van der Waals surface area contributed by atoms with E-state index in [0.717, 1.165) is 5.56 Å². The lowest BCUT2D eigenvalue weighted by Gasteiger charge is -2.11. The molecule has 0 fully saturated rings. The zero-order chi connectivity index (χ0) is 21.3. The second kappa shape index (κ2) is 8.30. The molecule has 0 spiro atoms. The van der Waals surface area contributed by atoms with Gasteiger partial charge < -0.3 is 5.32 Å². The second-order valence-electron chi connectivity index (χ2n) is 6.57. The van der Waals surface area contributed by atoms with Crippen molar-refractivity contribution in [1.29, 1.82) is 0 Å². The Labute approximate surface area is 181 Å². The van der Waals surface area contributed by atoms with Gasteiger partial charge >= 0.3 is 0 Å². The molecule has 0 saturated carbocycles. The predicted octanol–water partition coefficient (Wildman–Crippen LogP) is 5.12. The average molecular weight is 444 g/mol. The van der Waals surface area contributed by atoms with Gasteiger partial charge in [-0.2, -0.15) is 10.2 Å². The van der Waals surface area contributed by atoms with Crippen LogP contribution in [0.1, 0.15) is 21.6 Å². The number of hydrogen-bond donors (Lipinski definition) is 1. The molecule has 0 aliphatic heterocycles. The SMILES string of the molecule is Cc1c(C(=O)Nc2ccnn2Cc2ccc(Cl)cc2Cl)cnn1-c1ccccc1F. The fourth-order valence-corrected chi connectivity index (χ4v) is 3.53. The molecule has 0 bridgehead atoms. The largest absolute Gasteiger partial charge is 0.307 e. The Morgan fingerprint density at radius 2 is 1.93 bits per heavy atom. The van der Waals surface area contributed by atoms with Gasteiger partial charge in [0.05, 0.1) is 30.2 Å². The molecule has 0 unspecified atom stereocenters. The van der Waals surface area contributed by atoms with Gasteiger partial charge in [0.25, 0.3) is 5.91 Å². The summed E-state index contributed by atoms with van der Waals surface area (Å²) in [6.07, 6.45) is 2.99. The van der Waals surface area contributed by atoms with Gasteiger partial charge in [0, 0.05) is 16.1 Å². The quantitative estimate of drug-likeness (QED) is 0.465. The molecule has 30 heavy (non-hydrogen) atoms. The summed E-state index contributed by atoms with van der Waals surface area (Å²) < 4.78 is 17.1. The monoisotopic (exact) mass is 443 g/mol. The summed E-state index contributed by atoms with van der Waals surface area (Å²) in [5.41, 5.74) is 1.93. The Morgan fingerprint density at radius 3 is 2.70 bits per heavy atom. The summed E-state index contributed by atoms with van der Waals surface area (Å²) in [4.78, 5) is 12.8. The molecule has 0 atom stereocenters. The van der Waals surface area contributed by atoms with Crippen molar-refractivity contribution in [3.05, 3.63) is 93.6 Å². The van der Waals surface area contributed by atoms with Crippen LogP contribution in [0.3, 0.4) is 0 Å². The lowest BCUT2D eigenvalue weighted by atomic mass is 10.2.